The number of fused-ring (bicyclic) bond motifs is 1. The second-order valence-corrected chi connectivity index (χ2v) is 9.87. The maximum atomic E-state index is 13.2. The number of hydrogen-bond acceptors (Lipinski definition) is 4. The molecule has 0 radical (unpaired) electrons. The molecule has 1 aliphatic rings. The van der Waals surface area contributed by atoms with E-state index in [0.717, 1.165) is 41.4 Å². The molecule has 1 atom stereocenters. The molecule has 1 unspecified atom stereocenters. The molecule has 0 bridgehead atoms. The normalized spacial score (nSPS) is 16.6. The first-order valence-corrected chi connectivity index (χ1v) is 12.6. The number of hydrogen-bond donors (Lipinski definition) is 0. The van der Waals surface area contributed by atoms with E-state index in [1.165, 1.54) is 22.9 Å². The number of alkyl halides is 3. The van der Waals surface area contributed by atoms with Gasteiger partial charge in [0.25, 0.3) is 0 Å². The number of methoxy groups -OCH3 is 1. The Morgan fingerprint density at radius 1 is 1.15 bits per heavy atom. The number of benzene rings is 2. The van der Waals surface area contributed by atoms with Crippen molar-refractivity contribution in [2.75, 3.05) is 20.0 Å². The van der Waals surface area contributed by atoms with Gasteiger partial charge in [-0.05, 0) is 42.9 Å². The van der Waals surface area contributed by atoms with Crippen molar-refractivity contribution in [3.63, 3.8) is 0 Å². The first-order chi connectivity index (χ1) is 16.1. The van der Waals surface area contributed by atoms with Crippen molar-refractivity contribution in [3.05, 3.63) is 74.4 Å². The highest BCUT2D eigenvalue weighted by Crippen LogP contribution is 2.39. The fraction of sp³-hybridized carbons (Fsp3) is 0.375. The average Bonchev–Trinajstić information content (AvgIpc) is 3.08. The molecule has 10 heteroatoms. The van der Waals surface area contributed by atoms with Gasteiger partial charge in [-0.3, -0.25) is 4.90 Å². The largest absolute Gasteiger partial charge is 0.416 e. The lowest BCUT2D eigenvalue weighted by Crippen LogP contribution is -2.42. The van der Waals surface area contributed by atoms with Crippen molar-refractivity contribution in [2.45, 2.75) is 43.7 Å². The SMILES string of the molecule is COCC1Cc2ccccc2CN1Cc1c(SC)nn(-c2c(Cl)cc(C(F)(F)F)cc2Cl)c1C. The molecule has 0 amide bonds. The summed E-state index contributed by atoms with van der Waals surface area (Å²) >= 11 is 14.0. The zero-order valence-electron chi connectivity index (χ0n) is 18.9. The molecule has 4 rings (SSSR count). The predicted molar refractivity (Wildman–Crippen MR) is 130 cm³/mol. The van der Waals surface area contributed by atoms with Crippen molar-refractivity contribution in [3.8, 4) is 5.69 Å². The molecule has 4 nitrogen and oxygen atoms in total. The highest BCUT2D eigenvalue weighted by Gasteiger charge is 2.33. The molecule has 0 fully saturated rings. The second-order valence-electron chi connectivity index (χ2n) is 8.26. The Morgan fingerprint density at radius 3 is 2.38 bits per heavy atom. The van der Waals surface area contributed by atoms with Crippen LogP contribution in [0.2, 0.25) is 10.0 Å². The number of aromatic nitrogens is 2. The van der Waals surface area contributed by atoms with Crippen LogP contribution in [0.3, 0.4) is 0 Å². The third kappa shape index (κ3) is 4.97. The minimum Gasteiger partial charge on any atom is -0.383 e. The van der Waals surface area contributed by atoms with E-state index in [1.54, 1.807) is 11.8 Å². The summed E-state index contributed by atoms with van der Waals surface area (Å²) in [6.07, 6.45) is -1.74. The highest BCUT2D eigenvalue weighted by molar-refractivity contribution is 7.98. The minimum absolute atomic E-state index is 0.103. The molecular formula is C24H24Cl2F3N3OS. The Balaban J connectivity index is 1.72. The van der Waals surface area contributed by atoms with E-state index in [9.17, 15) is 13.2 Å². The average molecular weight is 530 g/mol. The van der Waals surface area contributed by atoms with Crippen LogP contribution >= 0.6 is 35.0 Å². The van der Waals surface area contributed by atoms with Crippen LogP contribution in [0.5, 0.6) is 0 Å². The number of halogens is 5. The minimum atomic E-state index is -4.54. The monoisotopic (exact) mass is 529 g/mol. The Kier molecular flexibility index (Phi) is 7.55. The lowest BCUT2D eigenvalue weighted by Gasteiger charge is -2.36. The summed E-state index contributed by atoms with van der Waals surface area (Å²) in [5.74, 6) is 0. The van der Waals surface area contributed by atoms with E-state index in [2.05, 4.69) is 28.2 Å². The maximum absolute atomic E-state index is 13.2. The second kappa shape index (κ2) is 10.1. The third-order valence-corrected chi connectivity index (χ3v) is 7.43. The van der Waals surface area contributed by atoms with Gasteiger partial charge in [-0.1, -0.05) is 47.5 Å². The van der Waals surface area contributed by atoms with E-state index in [-0.39, 0.29) is 21.8 Å². The zero-order chi connectivity index (χ0) is 24.6. The molecule has 0 N–H and O–H groups in total. The molecule has 1 aromatic heterocycles. The van der Waals surface area contributed by atoms with Gasteiger partial charge in [-0.15, -0.1) is 11.8 Å². The topological polar surface area (TPSA) is 30.3 Å². The van der Waals surface area contributed by atoms with Crippen molar-refractivity contribution in [1.29, 1.82) is 0 Å². The number of rotatable bonds is 6. The van der Waals surface area contributed by atoms with Crippen LogP contribution in [0.15, 0.2) is 41.4 Å². The molecule has 34 heavy (non-hydrogen) atoms. The smallest absolute Gasteiger partial charge is 0.383 e. The molecule has 2 aromatic carbocycles. The molecule has 2 heterocycles. The molecule has 3 aromatic rings. The van der Waals surface area contributed by atoms with Crippen molar-refractivity contribution in [1.82, 2.24) is 14.7 Å². The van der Waals surface area contributed by atoms with Gasteiger partial charge >= 0.3 is 6.18 Å². The summed E-state index contributed by atoms with van der Waals surface area (Å²) in [4.78, 5) is 2.36. The molecule has 0 saturated heterocycles. The van der Waals surface area contributed by atoms with Crippen LogP contribution in [0.4, 0.5) is 13.2 Å². The van der Waals surface area contributed by atoms with Crippen LogP contribution < -0.4 is 0 Å². The van der Waals surface area contributed by atoms with Gasteiger partial charge in [0.2, 0.25) is 0 Å². The molecular weight excluding hydrogens is 506 g/mol. The first-order valence-electron chi connectivity index (χ1n) is 10.6. The predicted octanol–water partition coefficient (Wildman–Crippen LogP) is 6.80. The number of ether oxygens (including phenoxy) is 1. The summed E-state index contributed by atoms with van der Waals surface area (Å²) in [5, 5.41) is 5.24. The van der Waals surface area contributed by atoms with Crippen LogP contribution in [0.25, 0.3) is 5.69 Å². The fourth-order valence-corrected chi connectivity index (χ4v) is 5.66. The Bertz CT molecular complexity index is 1180. The van der Waals surface area contributed by atoms with Crippen LogP contribution in [-0.2, 0) is 30.4 Å². The zero-order valence-corrected chi connectivity index (χ0v) is 21.2. The van der Waals surface area contributed by atoms with Gasteiger partial charge < -0.3 is 4.74 Å². The van der Waals surface area contributed by atoms with Crippen molar-refractivity contribution >= 4 is 35.0 Å². The van der Waals surface area contributed by atoms with E-state index < -0.39 is 11.7 Å². The van der Waals surface area contributed by atoms with E-state index in [0.29, 0.717) is 13.2 Å². The highest BCUT2D eigenvalue weighted by atomic mass is 35.5. The van der Waals surface area contributed by atoms with Crippen LogP contribution in [0.1, 0.15) is 27.9 Å². The number of thioether (sulfide) groups is 1. The van der Waals surface area contributed by atoms with Crippen molar-refractivity contribution in [2.24, 2.45) is 0 Å². The Hall–Kier alpha value is -1.71. The first kappa shape index (κ1) is 25.4. The molecule has 0 aliphatic carbocycles. The maximum Gasteiger partial charge on any atom is 0.416 e. The molecule has 182 valence electrons. The van der Waals surface area contributed by atoms with Crippen LogP contribution in [0, 0.1) is 6.92 Å². The number of nitrogens with zero attached hydrogens (tertiary/aromatic N) is 3. The lowest BCUT2D eigenvalue weighted by atomic mass is 9.94. The molecule has 0 saturated carbocycles. The van der Waals surface area contributed by atoms with Gasteiger partial charge in [0.1, 0.15) is 10.7 Å². The summed E-state index contributed by atoms with van der Waals surface area (Å²) in [5.41, 5.74) is 3.72. The standard InChI is InChI=1S/C24H24Cl2F3N3OS/c1-14-19(12-31-11-16-7-5-4-6-15(16)8-18(31)13-33-2)23(34-3)30-32(14)22-20(25)9-17(10-21(22)26)24(27,28)29/h4-7,9-10,18H,8,11-13H2,1-3H3. The fourth-order valence-electron chi connectivity index (χ4n) is 4.39. The van der Waals surface area contributed by atoms with Gasteiger partial charge in [0.15, 0.2) is 0 Å². The summed E-state index contributed by atoms with van der Waals surface area (Å²) in [6.45, 7) is 3.85. The van der Waals surface area contributed by atoms with Gasteiger partial charge in [-0.25, -0.2) is 4.68 Å². The lowest BCUT2D eigenvalue weighted by molar-refractivity contribution is -0.137. The van der Waals surface area contributed by atoms with Gasteiger partial charge in [0.05, 0.1) is 22.2 Å². The quantitative estimate of drug-likeness (QED) is 0.328. The van der Waals surface area contributed by atoms with E-state index >= 15 is 0 Å². The van der Waals surface area contributed by atoms with Crippen molar-refractivity contribution < 1.29 is 17.9 Å². The summed E-state index contributed by atoms with van der Waals surface area (Å²) in [6, 6.07) is 10.3. The van der Waals surface area contributed by atoms with E-state index in [4.69, 9.17) is 27.9 Å². The summed E-state index contributed by atoms with van der Waals surface area (Å²) < 4.78 is 46.6. The van der Waals surface area contributed by atoms with Gasteiger partial charge in [0, 0.05) is 37.5 Å². The summed E-state index contributed by atoms with van der Waals surface area (Å²) in [7, 11) is 1.70. The Labute approximate surface area is 211 Å². The third-order valence-electron chi connectivity index (χ3n) is 6.14. The van der Waals surface area contributed by atoms with Gasteiger partial charge in [-0.2, -0.15) is 18.3 Å². The molecule has 1 aliphatic heterocycles. The molecule has 0 spiro atoms. The van der Waals surface area contributed by atoms with Crippen LogP contribution in [-0.4, -0.2) is 40.7 Å². The Morgan fingerprint density at radius 2 is 1.79 bits per heavy atom. The van der Waals surface area contributed by atoms with E-state index in [1.807, 2.05) is 19.2 Å².